The minimum absolute atomic E-state index is 0.237. The molecule has 0 radical (unpaired) electrons. The molecule has 0 bridgehead atoms. The summed E-state index contributed by atoms with van der Waals surface area (Å²) in [6.07, 6.45) is 14.5. The van der Waals surface area contributed by atoms with Crippen LogP contribution in [-0.2, 0) is 28.9 Å². The largest absolute Gasteiger partial charge is 0.397 e. The summed E-state index contributed by atoms with van der Waals surface area (Å²) in [5, 5.41) is 54.6. The van der Waals surface area contributed by atoms with Crippen molar-refractivity contribution < 1.29 is 57.0 Å². The summed E-state index contributed by atoms with van der Waals surface area (Å²) in [5.74, 6) is -0.719. The Morgan fingerprint density at radius 3 is 1.96 bits per heavy atom. The van der Waals surface area contributed by atoms with Crippen LogP contribution in [-0.4, -0.2) is 107 Å². The Morgan fingerprint density at radius 1 is 0.816 bits per heavy atom. The van der Waals surface area contributed by atoms with E-state index in [4.69, 9.17) is 14.0 Å². The van der Waals surface area contributed by atoms with Gasteiger partial charge in [0.25, 0.3) is 0 Å². The molecule has 1 amide bonds. The molecular formula is C35H65NO12S. The molecule has 0 aromatic rings. The number of aliphatic hydroxyl groups is 5. The predicted octanol–water partition coefficient (Wildman–Crippen LogP) is 4.01. The first-order valence-corrected chi connectivity index (χ1v) is 19.7. The van der Waals surface area contributed by atoms with Crippen LogP contribution in [0, 0.1) is 0 Å². The number of allylic oxidation sites excluding steroid dienone is 3. The number of hydrogen-bond donors (Lipinski definition) is 7. The smallest absolute Gasteiger partial charge is 0.394 e. The maximum Gasteiger partial charge on any atom is 0.397 e. The van der Waals surface area contributed by atoms with Gasteiger partial charge in [-0.15, -0.1) is 0 Å². The van der Waals surface area contributed by atoms with Crippen molar-refractivity contribution in [3.63, 3.8) is 0 Å². The zero-order chi connectivity index (χ0) is 36.5. The third kappa shape index (κ3) is 20.9. The SMILES string of the molecule is CCCCCCCC/C=C/CC/C=C/C(O)C(COC1OC(CO)C(O)C(OS(=O)(=O)O)C1O)NC(=O)C(O)CCCCCCCCCC. The molecule has 1 aliphatic rings. The summed E-state index contributed by atoms with van der Waals surface area (Å²) >= 11 is 0. The lowest BCUT2D eigenvalue weighted by Crippen LogP contribution is -2.61. The number of carbonyl (C=O) groups excluding carboxylic acids is 1. The molecule has 0 saturated carbocycles. The summed E-state index contributed by atoms with van der Waals surface area (Å²) in [5.41, 5.74) is 0. The monoisotopic (exact) mass is 723 g/mol. The van der Waals surface area contributed by atoms with Crippen molar-refractivity contribution in [3.8, 4) is 0 Å². The highest BCUT2D eigenvalue weighted by molar-refractivity contribution is 7.80. The van der Waals surface area contributed by atoms with Gasteiger partial charge in [-0.1, -0.05) is 122 Å². The Balaban J connectivity index is 2.79. The zero-order valence-electron chi connectivity index (χ0n) is 29.6. The molecule has 288 valence electrons. The Bertz CT molecular complexity index is 1010. The van der Waals surface area contributed by atoms with Crippen molar-refractivity contribution in [2.75, 3.05) is 13.2 Å². The number of amides is 1. The lowest BCUT2D eigenvalue weighted by atomic mass is 9.99. The third-order valence-electron chi connectivity index (χ3n) is 8.59. The number of rotatable bonds is 29. The molecule has 1 rings (SSSR count). The van der Waals surface area contributed by atoms with Crippen molar-refractivity contribution in [1.29, 1.82) is 0 Å². The predicted molar refractivity (Wildman–Crippen MR) is 187 cm³/mol. The van der Waals surface area contributed by atoms with Gasteiger partial charge in [-0.3, -0.25) is 9.35 Å². The molecule has 14 heteroatoms. The van der Waals surface area contributed by atoms with Gasteiger partial charge >= 0.3 is 10.4 Å². The van der Waals surface area contributed by atoms with Crippen LogP contribution in [0.1, 0.15) is 129 Å². The second-order valence-corrected chi connectivity index (χ2v) is 14.0. The van der Waals surface area contributed by atoms with Gasteiger partial charge in [0, 0.05) is 0 Å². The maximum absolute atomic E-state index is 12.9. The van der Waals surface area contributed by atoms with E-state index in [-0.39, 0.29) is 6.42 Å². The average Bonchev–Trinajstić information content (AvgIpc) is 3.06. The maximum atomic E-state index is 12.9. The van der Waals surface area contributed by atoms with Gasteiger partial charge in [0.05, 0.1) is 25.4 Å². The van der Waals surface area contributed by atoms with Crippen molar-refractivity contribution in [2.24, 2.45) is 0 Å². The van der Waals surface area contributed by atoms with E-state index in [1.54, 1.807) is 6.08 Å². The molecule has 1 saturated heterocycles. The molecule has 0 aliphatic carbocycles. The van der Waals surface area contributed by atoms with Crippen LogP contribution < -0.4 is 5.32 Å². The van der Waals surface area contributed by atoms with Crippen molar-refractivity contribution in [3.05, 3.63) is 24.3 Å². The lowest BCUT2D eigenvalue weighted by Gasteiger charge is -2.41. The van der Waals surface area contributed by atoms with Crippen LogP contribution in [0.3, 0.4) is 0 Å². The molecule has 1 heterocycles. The van der Waals surface area contributed by atoms with Crippen LogP contribution >= 0.6 is 0 Å². The van der Waals surface area contributed by atoms with E-state index < -0.39 is 78.5 Å². The van der Waals surface area contributed by atoms with E-state index >= 15 is 0 Å². The van der Waals surface area contributed by atoms with E-state index in [0.29, 0.717) is 12.8 Å². The zero-order valence-corrected chi connectivity index (χ0v) is 30.4. The lowest BCUT2D eigenvalue weighted by molar-refractivity contribution is -0.298. The van der Waals surface area contributed by atoms with Crippen LogP contribution in [0.4, 0.5) is 0 Å². The number of aliphatic hydroxyl groups excluding tert-OH is 5. The van der Waals surface area contributed by atoms with E-state index in [9.17, 15) is 38.7 Å². The minimum Gasteiger partial charge on any atom is -0.394 e. The second-order valence-electron chi connectivity index (χ2n) is 12.9. The highest BCUT2D eigenvalue weighted by Crippen LogP contribution is 2.26. The molecule has 0 aromatic carbocycles. The Labute approximate surface area is 294 Å². The molecule has 8 atom stereocenters. The van der Waals surface area contributed by atoms with Gasteiger partial charge in [0.15, 0.2) is 6.29 Å². The van der Waals surface area contributed by atoms with Crippen molar-refractivity contribution in [1.82, 2.24) is 5.32 Å². The quantitative estimate of drug-likeness (QED) is 0.0332. The summed E-state index contributed by atoms with van der Waals surface area (Å²) in [7, 11) is -5.11. The normalized spacial score (nSPS) is 23.6. The summed E-state index contributed by atoms with van der Waals surface area (Å²) < 4.78 is 47.1. The molecule has 8 unspecified atom stereocenters. The molecule has 13 nitrogen and oxygen atoms in total. The van der Waals surface area contributed by atoms with Gasteiger partial charge in [0.2, 0.25) is 5.91 Å². The van der Waals surface area contributed by atoms with Gasteiger partial charge < -0.3 is 40.3 Å². The summed E-state index contributed by atoms with van der Waals surface area (Å²) in [6.45, 7) is 3.08. The van der Waals surface area contributed by atoms with E-state index in [0.717, 1.165) is 38.5 Å². The van der Waals surface area contributed by atoms with E-state index in [1.165, 1.54) is 63.9 Å². The molecule has 7 N–H and O–H groups in total. The Morgan fingerprint density at radius 2 is 1.37 bits per heavy atom. The fraction of sp³-hybridized carbons (Fsp3) is 0.857. The Kier molecular flexibility index (Phi) is 25.3. The summed E-state index contributed by atoms with van der Waals surface area (Å²) in [6, 6.07) is -1.13. The Hall–Kier alpha value is -1.46. The number of carbonyl (C=O) groups is 1. The fourth-order valence-corrected chi connectivity index (χ4v) is 6.10. The molecule has 0 aromatic heterocycles. The molecular weight excluding hydrogens is 658 g/mol. The first-order chi connectivity index (χ1) is 23.4. The molecule has 1 fully saturated rings. The highest BCUT2D eigenvalue weighted by Gasteiger charge is 2.48. The van der Waals surface area contributed by atoms with E-state index in [1.807, 2.05) is 0 Å². The number of ether oxygens (including phenoxy) is 2. The van der Waals surface area contributed by atoms with E-state index in [2.05, 4.69) is 35.5 Å². The van der Waals surface area contributed by atoms with Crippen LogP contribution in [0.25, 0.3) is 0 Å². The number of unbranched alkanes of at least 4 members (excludes halogenated alkanes) is 14. The van der Waals surface area contributed by atoms with Crippen LogP contribution in [0.2, 0.25) is 0 Å². The number of nitrogens with one attached hydrogen (secondary N) is 1. The average molecular weight is 724 g/mol. The third-order valence-corrected chi connectivity index (χ3v) is 9.06. The van der Waals surface area contributed by atoms with Gasteiger partial charge in [-0.25, -0.2) is 4.18 Å². The molecule has 1 aliphatic heterocycles. The molecule has 49 heavy (non-hydrogen) atoms. The van der Waals surface area contributed by atoms with Crippen molar-refractivity contribution in [2.45, 2.75) is 178 Å². The van der Waals surface area contributed by atoms with Gasteiger partial charge in [-0.05, 0) is 32.1 Å². The number of hydrogen-bond acceptors (Lipinski definition) is 11. The van der Waals surface area contributed by atoms with Crippen LogP contribution in [0.5, 0.6) is 0 Å². The minimum atomic E-state index is -5.11. The first kappa shape index (κ1) is 45.6. The topological polar surface area (TPSA) is 212 Å². The standard InChI is InChI=1S/C35H65NO12S/c1-3-5-7-9-11-13-14-15-16-18-19-21-23-28(38)27(36-34(42)29(39)24-22-20-17-12-10-8-6-4-2)26-46-35-32(41)33(48-49(43,44)45)31(40)30(25-37)47-35/h15-16,21,23,27-33,35,37-41H,3-14,17-20,22,24-26H2,1-2H3,(H,36,42)(H,43,44,45)/b16-15+,23-21+. The van der Waals surface area contributed by atoms with Gasteiger partial charge in [-0.2, -0.15) is 8.42 Å². The van der Waals surface area contributed by atoms with Gasteiger partial charge in [0.1, 0.15) is 30.5 Å². The van der Waals surface area contributed by atoms with Crippen LogP contribution in [0.15, 0.2) is 24.3 Å². The summed E-state index contributed by atoms with van der Waals surface area (Å²) in [4.78, 5) is 12.9. The highest BCUT2D eigenvalue weighted by atomic mass is 32.3. The fourth-order valence-electron chi connectivity index (χ4n) is 5.59. The second kappa shape index (κ2) is 27.2. The van der Waals surface area contributed by atoms with Crippen molar-refractivity contribution >= 4 is 16.3 Å². The first-order valence-electron chi connectivity index (χ1n) is 18.3. The molecule has 0 spiro atoms.